The molecule has 0 spiro atoms. The number of nitrogens with one attached hydrogen (secondary N) is 1. The highest BCUT2D eigenvalue weighted by Gasteiger charge is 2.16. The Hall–Kier alpha value is -1.38. The smallest absolute Gasteiger partial charge is 0.128 e. The maximum atomic E-state index is 14.0. The van der Waals surface area contributed by atoms with Gasteiger partial charge in [0.05, 0.1) is 0 Å². The van der Waals surface area contributed by atoms with Crippen molar-refractivity contribution < 1.29 is 4.39 Å². The van der Waals surface area contributed by atoms with Crippen LogP contribution in [0.4, 0.5) is 4.39 Å². The van der Waals surface area contributed by atoms with Crippen molar-refractivity contribution in [3.8, 4) is 0 Å². The summed E-state index contributed by atoms with van der Waals surface area (Å²) < 4.78 is 14.0. The van der Waals surface area contributed by atoms with E-state index in [4.69, 9.17) is 11.6 Å². The molecular formula is C17H19ClFN. The van der Waals surface area contributed by atoms with E-state index < -0.39 is 0 Å². The Morgan fingerprint density at radius 2 is 1.95 bits per heavy atom. The van der Waals surface area contributed by atoms with Crippen molar-refractivity contribution in [3.63, 3.8) is 0 Å². The van der Waals surface area contributed by atoms with E-state index in [1.54, 1.807) is 12.1 Å². The highest BCUT2D eigenvalue weighted by molar-refractivity contribution is 6.30. The molecule has 0 saturated heterocycles. The molecule has 0 bridgehead atoms. The van der Waals surface area contributed by atoms with E-state index in [-0.39, 0.29) is 11.9 Å². The molecule has 0 amide bonds. The monoisotopic (exact) mass is 291 g/mol. The van der Waals surface area contributed by atoms with Crippen molar-refractivity contribution in [2.75, 3.05) is 6.54 Å². The van der Waals surface area contributed by atoms with Crippen LogP contribution in [0.15, 0.2) is 42.5 Å². The Labute approximate surface area is 124 Å². The molecule has 1 nitrogen and oxygen atoms in total. The molecular weight excluding hydrogens is 273 g/mol. The van der Waals surface area contributed by atoms with E-state index in [0.717, 1.165) is 13.0 Å². The average Bonchev–Trinajstić information content (AvgIpc) is 2.43. The van der Waals surface area contributed by atoms with E-state index in [2.05, 4.69) is 24.4 Å². The first kappa shape index (κ1) is 15.0. The van der Waals surface area contributed by atoms with Crippen LogP contribution in [0.25, 0.3) is 0 Å². The van der Waals surface area contributed by atoms with E-state index in [1.165, 1.54) is 17.2 Å². The van der Waals surface area contributed by atoms with Gasteiger partial charge in [-0.15, -0.1) is 0 Å². The largest absolute Gasteiger partial charge is 0.310 e. The van der Waals surface area contributed by atoms with Crippen LogP contribution in [0.1, 0.15) is 29.7 Å². The SMILES string of the molecule is CCNC(Cc1ccccc1C)c1cc(Cl)ccc1F. The molecule has 1 atom stereocenters. The average molecular weight is 292 g/mol. The number of likely N-dealkylation sites (N-methyl/N-ethyl adjacent to an activating group) is 1. The van der Waals surface area contributed by atoms with Gasteiger partial charge in [-0.05, 0) is 49.2 Å². The molecule has 0 aliphatic rings. The summed E-state index contributed by atoms with van der Waals surface area (Å²) >= 11 is 6.00. The number of hydrogen-bond donors (Lipinski definition) is 1. The van der Waals surface area contributed by atoms with Gasteiger partial charge in [0.2, 0.25) is 0 Å². The summed E-state index contributed by atoms with van der Waals surface area (Å²) in [6, 6.07) is 12.8. The maximum absolute atomic E-state index is 14.0. The summed E-state index contributed by atoms with van der Waals surface area (Å²) in [5, 5.41) is 3.91. The molecule has 0 aliphatic heterocycles. The topological polar surface area (TPSA) is 12.0 Å². The molecule has 2 aromatic rings. The van der Waals surface area contributed by atoms with Gasteiger partial charge in [-0.2, -0.15) is 0 Å². The van der Waals surface area contributed by atoms with Gasteiger partial charge in [0.1, 0.15) is 5.82 Å². The fourth-order valence-corrected chi connectivity index (χ4v) is 2.56. The molecule has 2 rings (SSSR count). The standard InChI is InChI=1S/C17H19ClFN/c1-3-20-17(10-13-7-5-4-6-12(13)2)15-11-14(18)8-9-16(15)19/h4-9,11,17,20H,3,10H2,1-2H3. The van der Waals surface area contributed by atoms with Crippen molar-refractivity contribution in [2.24, 2.45) is 0 Å². The highest BCUT2D eigenvalue weighted by Crippen LogP contribution is 2.25. The van der Waals surface area contributed by atoms with Crippen LogP contribution in [0, 0.1) is 12.7 Å². The third-order valence-electron chi connectivity index (χ3n) is 3.47. The number of hydrogen-bond acceptors (Lipinski definition) is 1. The summed E-state index contributed by atoms with van der Waals surface area (Å²) in [7, 11) is 0. The van der Waals surface area contributed by atoms with Crippen LogP contribution >= 0.6 is 11.6 Å². The summed E-state index contributed by atoms with van der Waals surface area (Å²) in [5.41, 5.74) is 3.07. The molecule has 0 saturated carbocycles. The molecule has 0 heterocycles. The van der Waals surface area contributed by atoms with E-state index in [9.17, 15) is 4.39 Å². The minimum Gasteiger partial charge on any atom is -0.310 e. The molecule has 0 radical (unpaired) electrons. The zero-order chi connectivity index (χ0) is 14.5. The second-order valence-electron chi connectivity index (χ2n) is 4.91. The third kappa shape index (κ3) is 3.59. The molecule has 106 valence electrons. The lowest BCUT2D eigenvalue weighted by Gasteiger charge is -2.20. The minimum atomic E-state index is -0.214. The lowest BCUT2D eigenvalue weighted by molar-refractivity contribution is 0.509. The van der Waals surface area contributed by atoms with Gasteiger partial charge in [0.15, 0.2) is 0 Å². The van der Waals surface area contributed by atoms with Crippen LogP contribution < -0.4 is 5.32 Å². The van der Waals surface area contributed by atoms with Gasteiger partial charge in [0, 0.05) is 16.6 Å². The highest BCUT2D eigenvalue weighted by atomic mass is 35.5. The predicted octanol–water partition coefficient (Wildman–Crippen LogP) is 4.68. The second-order valence-corrected chi connectivity index (χ2v) is 5.34. The predicted molar refractivity (Wildman–Crippen MR) is 82.7 cm³/mol. The van der Waals surface area contributed by atoms with Crippen molar-refractivity contribution >= 4 is 11.6 Å². The van der Waals surface area contributed by atoms with E-state index in [1.807, 2.05) is 19.1 Å². The molecule has 20 heavy (non-hydrogen) atoms. The lowest BCUT2D eigenvalue weighted by Crippen LogP contribution is -2.24. The molecule has 0 aromatic heterocycles. The number of rotatable bonds is 5. The Balaban J connectivity index is 2.32. The van der Waals surface area contributed by atoms with Crippen LogP contribution in [-0.2, 0) is 6.42 Å². The van der Waals surface area contributed by atoms with E-state index >= 15 is 0 Å². The first-order valence-corrected chi connectivity index (χ1v) is 7.22. The van der Waals surface area contributed by atoms with Crippen molar-refractivity contribution in [1.29, 1.82) is 0 Å². The number of benzene rings is 2. The molecule has 0 aliphatic carbocycles. The Morgan fingerprint density at radius 1 is 1.20 bits per heavy atom. The molecule has 1 N–H and O–H groups in total. The summed E-state index contributed by atoms with van der Waals surface area (Å²) in [5.74, 6) is -0.214. The normalized spacial score (nSPS) is 12.4. The fraction of sp³-hybridized carbons (Fsp3) is 0.294. The molecule has 3 heteroatoms. The summed E-state index contributed by atoms with van der Waals surface area (Å²) in [6.45, 7) is 4.88. The Morgan fingerprint density at radius 3 is 2.65 bits per heavy atom. The third-order valence-corrected chi connectivity index (χ3v) is 3.70. The lowest BCUT2D eigenvalue weighted by atomic mass is 9.95. The Bertz CT molecular complexity index is 583. The maximum Gasteiger partial charge on any atom is 0.128 e. The fourth-order valence-electron chi connectivity index (χ4n) is 2.38. The first-order chi connectivity index (χ1) is 9.61. The first-order valence-electron chi connectivity index (χ1n) is 6.84. The second kappa shape index (κ2) is 6.87. The summed E-state index contributed by atoms with van der Waals surface area (Å²) in [4.78, 5) is 0. The van der Waals surface area contributed by atoms with Crippen LogP contribution in [-0.4, -0.2) is 6.54 Å². The van der Waals surface area contributed by atoms with Crippen LogP contribution in [0.3, 0.4) is 0 Å². The number of halogens is 2. The minimum absolute atomic E-state index is 0.0696. The van der Waals surface area contributed by atoms with Gasteiger partial charge in [-0.3, -0.25) is 0 Å². The zero-order valence-corrected chi connectivity index (χ0v) is 12.5. The van der Waals surface area contributed by atoms with Crippen molar-refractivity contribution in [1.82, 2.24) is 5.32 Å². The van der Waals surface area contributed by atoms with Gasteiger partial charge >= 0.3 is 0 Å². The van der Waals surface area contributed by atoms with Crippen molar-refractivity contribution in [2.45, 2.75) is 26.3 Å². The van der Waals surface area contributed by atoms with Gasteiger partial charge < -0.3 is 5.32 Å². The Kier molecular flexibility index (Phi) is 5.16. The van der Waals surface area contributed by atoms with Gasteiger partial charge in [0.25, 0.3) is 0 Å². The van der Waals surface area contributed by atoms with Gasteiger partial charge in [-0.1, -0.05) is 42.8 Å². The number of aryl methyl sites for hydroxylation is 1. The van der Waals surface area contributed by atoms with Gasteiger partial charge in [-0.25, -0.2) is 4.39 Å². The van der Waals surface area contributed by atoms with Crippen LogP contribution in [0.2, 0.25) is 5.02 Å². The quantitative estimate of drug-likeness (QED) is 0.843. The van der Waals surface area contributed by atoms with Crippen LogP contribution in [0.5, 0.6) is 0 Å². The van der Waals surface area contributed by atoms with Crippen molar-refractivity contribution in [3.05, 3.63) is 70.0 Å². The molecule has 1 unspecified atom stereocenters. The van der Waals surface area contributed by atoms with E-state index in [0.29, 0.717) is 10.6 Å². The summed E-state index contributed by atoms with van der Waals surface area (Å²) in [6.07, 6.45) is 0.748. The zero-order valence-electron chi connectivity index (χ0n) is 11.8. The molecule has 2 aromatic carbocycles. The molecule has 0 fully saturated rings.